The van der Waals surface area contributed by atoms with E-state index in [-0.39, 0.29) is 62.5 Å². The van der Waals surface area contributed by atoms with Gasteiger partial charge in [-0.1, -0.05) is 18.6 Å². The maximum absolute atomic E-state index is 14.3. The van der Waals surface area contributed by atoms with E-state index in [1.807, 2.05) is 10.6 Å². The van der Waals surface area contributed by atoms with Crippen LogP contribution in [0.2, 0.25) is 0 Å². The molecule has 0 radical (unpaired) electrons. The smallest absolute Gasteiger partial charge is 0.328 e. The molecular formula is C49H76N16O18. The van der Waals surface area contributed by atoms with Crippen LogP contribution in [0.1, 0.15) is 69.5 Å². The fraction of sp³-hybridized carbons (Fsp3) is 0.571. The van der Waals surface area contributed by atoms with E-state index in [1.54, 1.807) is 0 Å². The zero-order valence-electron chi connectivity index (χ0n) is 45.4. The van der Waals surface area contributed by atoms with Crippen molar-refractivity contribution in [1.82, 2.24) is 57.4 Å². The van der Waals surface area contributed by atoms with E-state index in [2.05, 4.69) is 46.9 Å². The van der Waals surface area contributed by atoms with E-state index < -0.39 is 164 Å². The summed E-state index contributed by atoms with van der Waals surface area (Å²) in [4.78, 5) is 158. The Morgan fingerprint density at radius 3 is 1.75 bits per heavy atom. The van der Waals surface area contributed by atoms with Crippen LogP contribution in [0.15, 0.2) is 41.8 Å². The zero-order chi connectivity index (χ0) is 61.9. The van der Waals surface area contributed by atoms with Gasteiger partial charge in [0.2, 0.25) is 53.2 Å². The Hall–Kier alpha value is -8.57. The summed E-state index contributed by atoms with van der Waals surface area (Å²) in [7, 11) is 0. The number of carboxylic acids is 2. The number of aromatic hydroxyl groups is 1. The minimum absolute atomic E-state index is 0.00502. The summed E-state index contributed by atoms with van der Waals surface area (Å²) in [5, 5.41) is 87.6. The number of carbonyl (C=O) groups is 11. The number of amides is 9. The maximum Gasteiger partial charge on any atom is 0.328 e. The molecule has 1 aliphatic rings. The van der Waals surface area contributed by atoms with E-state index in [1.165, 1.54) is 36.8 Å². The van der Waals surface area contributed by atoms with Crippen molar-refractivity contribution in [2.45, 2.75) is 138 Å². The Balaban J connectivity index is 1.89. The molecule has 460 valence electrons. The molecule has 34 heteroatoms. The monoisotopic (exact) mass is 1180 g/mol. The number of imidazole rings is 1. The van der Waals surface area contributed by atoms with Crippen LogP contribution in [0.3, 0.4) is 0 Å². The molecule has 1 aromatic carbocycles. The predicted molar refractivity (Wildman–Crippen MR) is 288 cm³/mol. The highest BCUT2D eigenvalue weighted by atomic mass is 16.4. The number of benzene rings is 1. The lowest BCUT2D eigenvalue weighted by Gasteiger charge is -2.30. The number of nitrogens with two attached hydrogens (primary N) is 4. The van der Waals surface area contributed by atoms with Crippen LogP contribution in [0.25, 0.3) is 0 Å². The molecule has 2 aromatic rings. The van der Waals surface area contributed by atoms with Crippen molar-refractivity contribution in [3.05, 3.63) is 48.0 Å². The van der Waals surface area contributed by atoms with Gasteiger partial charge in [0.1, 0.15) is 54.1 Å². The molecule has 0 unspecified atom stereocenters. The Morgan fingerprint density at radius 2 is 1.22 bits per heavy atom. The largest absolute Gasteiger partial charge is 0.508 e. The normalized spacial score (nSPS) is 16.5. The van der Waals surface area contributed by atoms with E-state index in [0.717, 1.165) is 11.8 Å². The van der Waals surface area contributed by atoms with Gasteiger partial charge in [0.25, 0.3) is 0 Å². The quantitative estimate of drug-likeness (QED) is 0.0171. The van der Waals surface area contributed by atoms with Crippen LogP contribution in [0.5, 0.6) is 5.75 Å². The number of carbonyl (C=O) groups excluding carboxylic acids is 9. The van der Waals surface area contributed by atoms with Gasteiger partial charge >= 0.3 is 11.9 Å². The number of unbranched alkanes of at least 4 members (excludes halogenated alkanes) is 1. The summed E-state index contributed by atoms with van der Waals surface area (Å²) in [5.41, 5.74) is 23.1. The predicted octanol–water partition coefficient (Wildman–Crippen LogP) is -8.80. The first kappa shape index (κ1) is 68.7. The van der Waals surface area contributed by atoms with Crippen LogP contribution in [-0.4, -0.2) is 228 Å². The number of hydrogen-bond donors (Lipinski definition) is 20. The van der Waals surface area contributed by atoms with Crippen molar-refractivity contribution in [2.24, 2.45) is 27.9 Å². The third-order valence-corrected chi connectivity index (χ3v) is 12.8. The van der Waals surface area contributed by atoms with Gasteiger partial charge in [0.05, 0.1) is 44.7 Å². The van der Waals surface area contributed by atoms with Crippen molar-refractivity contribution in [3.63, 3.8) is 0 Å². The van der Waals surface area contributed by atoms with E-state index in [0.29, 0.717) is 31.5 Å². The number of H-pyrrole nitrogens is 1. The van der Waals surface area contributed by atoms with Crippen molar-refractivity contribution in [3.8, 4) is 5.75 Å². The fourth-order valence-electron chi connectivity index (χ4n) is 8.33. The lowest BCUT2D eigenvalue weighted by Crippen LogP contribution is -2.62. The molecule has 0 saturated carbocycles. The van der Waals surface area contributed by atoms with Crippen molar-refractivity contribution in [2.75, 3.05) is 39.5 Å². The average molecular weight is 1180 g/mol. The number of rotatable bonds is 36. The number of aliphatic imine (C=N–C) groups is 1. The number of hydrogen-bond acceptors (Lipinski definition) is 20. The number of aliphatic carboxylic acids is 2. The molecule has 1 aliphatic heterocycles. The first-order valence-electron chi connectivity index (χ1n) is 26.3. The summed E-state index contributed by atoms with van der Waals surface area (Å²) < 4.78 is 0. The number of aliphatic hydroxyl groups excluding tert-OH is 4. The number of carboxylic acid groups (broad SMARTS) is 2. The number of phenolic OH excluding ortho intramolecular Hbond substituents is 1. The second-order valence-electron chi connectivity index (χ2n) is 19.3. The van der Waals surface area contributed by atoms with Crippen LogP contribution in [0, 0.1) is 0 Å². The summed E-state index contributed by atoms with van der Waals surface area (Å²) in [6.07, 6.45) is 0.693. The minimum Gasteiger partial charge on any atom is -0.508 e. The van der Waals surface area contributed by atoms with Gasteiger partial charge in [-0.2, -0.15) is 0 Å². The lowest BCUT2D eigenvalue weighted by atomic mass is 10.0. The minimum atomic E-state index is -2.02. The van der Waals surface area contributed by atoms with E-state index >= 15 is 0 Å². The third kappa shape index (κ3) is 22.7. The first-order valence-corrected chi connectivity index (χ1v) is 26.3. The second kappa shape index (κ2) is 34.7. The second-order valence-corrected chi connectivity index (χ2v) is 19.3. The molecule has 3 rings (SSSR count). The molecule has 9 amide bonds. The van der Waals surface area contributed by atoms with Gasteiger partial charge in [-0.25, -0.2) is 9.78 Å². The van der Waals surface area contributed by atoms with Gasteiger partial charge in [-0.15, -0.1) is 0 Å². The first-order chi connectivity index (χ1) is 39.3. The summed E-state index contributed by atoms with van der Waals surface area (Å²) >= 11 is 0. The standard InChI is InChI=1S/C49H76N16O18/c1-24(69)38(48(82)83)64-43(77)32(18-37(71)72)59-45(79)34(21-67)62-41(75)30(16-25-9-11-27(70)12-10-25)58-44(78)33(20-66)61-40(74)29(7-4-14-55-49(52)53)57-42(76)31(17-26-19-54-23-56-26)60-46(80)36-8-5-15-65(36)47(81)35(22-68)63-39(73)28(51)6-2-3-13-50/h9-12,19,23-24,28-36,38,66-70H,2-8,13-18,20-22,50-51H2,1H3,(H,54,56)(H,57,76)(H,58,78)(H,59,79)(H,60,80)(H,61,74)(H,62,75)(H,63,73)(H,64,77)(H,71,72)(H,82,83)(H4,52,53,55)/t24-,28+,29+,30+,31+,32+,33+,34+,35+,36+,38+/m1/s1. The number of nitrogens with one attached hydrogen (secondary N) is 9. The summed E-state index contributed by atoms with van der Waals surface area (Å²) in [5.74, 6) is -13.5. The molecular weight excluding hydrogens is 1100 g/mol. The maximum atomic E-state index is 14.3. The topological polar surface area (TPSA) is 574 Å². The van der Waals surface area contributed by atoms with Crippen LogP contribution < -0.4 is 65.5 Å². The number of aromatic nitrogens is 2. The molecule has 0 bridgehead atoms. The van der Waals surface area contributed by atoms with Crippen LogP contribution >= 0.6 is 0 Å². The molecule has 34 nitrogen and oxygen atoms in total. The summed E-state index contributed by atoms with van der Waals surface area (Å²) in [6, 6.07) is -11.3. The fourth-order valence-corrected chi connectivity index (χ4v) is 8.33. The van der Waals surface area contributed by atoms with E-state index in [4.69, 9.17) is 22.9 Å². The van der Waals surface area contributed by atoms with Gasteiger partial charge in [0, 0.05) is 37.8 Å². The van der Waals surface area contributed by atoms with Crippen molar-refractivity contribution < 1.29 is 88.5 Å². The van der Waals surface area contributed by atoms with Crippen molar-refractivity contribution in [1.29, 1.82) is 0 Å². The molecule has 1 fully saturated rings. The molecule has 24 N–H and O–H groups in total. The highest BCUT2D eigenvalue weighted by Gasteiger charge is 2.40. The molecule has 11 atom stereocenters. The Kier molecular flexibility index (Phi) is 28.7. The van der Waals surface area contributed by atoms with Crippen LogP contribution in [0.4, 0.5) is 0 Å². The molecule has 83 heavy (non-hydrogen) atoms. The molecule has 2 heterocycles. The van der Waals surface area contributed by atoms with Crippen LogP contribution in [-0.2, 0) is 65.6 Å². The number of aromatic amines is 1. The highest BCUT2D eigenvalue weighted by Crippen LogP contribution is 2.20. The Labute approximate surface area is 474 Å². The SMILES string of the molecule is C[C@@H](O)[C@H](NC(=O)[C@H](CC(=O)O)NC(=O)[C@H](CO)NC(=O)[C@H](Cc1ccc(O)cc1)NC(=O)[C@H](CO)NC(=O)[C@H](CCCN=C(N)N)NC(=O)[C@H](Cc1cnc[nH]1)NC(=O)[C@@H]1CCCN1C(=O)[C@H](CO)NC(=O)[C@@H](N)CCCCN)C(=O)O. The number of phenols is 1. The van der Waals surface area contributed by atoms with E-state index in [9.17, 15) is 88.5 Å². The van der Waals surface area contributed by atoms with Gasteiger partial charge < -0.3 is 111 Å². The molecule has 0 spiro atoms. The number of guanidine groups is 1. The van der Waals surface area contributed by atoms with Gasteiger partial charge in [-0.05, 0) is 69.7 Å². The Bertz CT molecular complexity index is 2550. The third-order valence-electron chi connectivity index (χ3n) is 12.8. The molecule has 1 aromatic heterocycles. The van der Waals surface area contributed by atoms with Gasteiger partial charge in [0.15, 0.2) is 12.0 Å². The summed E-state index contributed by atoms with van der Waals surface area (Å²) in [6.45, 7) is -1.84. The zero-order valence-corrected chi connectivity index (χ0v) is 45.4. The number of nitrogens with zero attached hydrogens (tertiary/aromatic N) is 3. The average Bonchev–Trinajstić information content (AvgIpc) is 4.29. The van der Waals surface area contributed by atoms with Gasteiger partial charge in [-0.3, -0.25) is 52.9 Å². The lowest BCUT2D eigenvalue weighted by molar-refractivity contribution is -0.146. The molecule has 1 saturated heterocycles. The number of likely N-dealkylation sites (tertiary alicyclic amines) is 1. The van der Waals surface area contributed by atoms with Crippen molar-refractivity contribution >= 4 is 71.1 Å². The number of aliphatic hydroxyl groups is 4. The Morgan fingerprint density at radius 1 is 0.687 bits per heavy atom. The molecule has 0 aliphatic carbocycles. The highest BCUT2D eigenvalue weighted by molar-refractivity contribution is 5.99.